The van der Waals surface area contributed by atoms with Gasteiger partial charge in [-0.1, -0.05) is 37.3 Å². The Balaban J connectivity index is 1.46. The van der Waals surface area contributed by atoms with Crippen molar-refractivity contribution in [2.45, 2.75) is 64.6 Å². The average molecular weight is 409 g/mol. The van der Waals surface area contributed by atoms with Gasteiger partial charge in [0.05, 0.1) is 5.57 Å². The second-order valence-electron chi connectivity index (χ2n) is 7.88. The smallest absolute Gasteiger partial charge is 0.273 e. The zero-order valence-electron chi connectivity index (χ0n) is 17.2. The minimum Gasteiger partial charge on any atom is -0.360 e. The van der Waals surface area contributed by atoms with Crippen LogP contribution in [0, 0.1) is 0 Å². The van der Waals surface area contributed by atoms with Gasteiger partial charge in [0.15, 0.2) is 12.5 Å². The first-order chi connectivity index (χ1) is 13.8. The quantitative estimate of drug-likeness (QED) is 0.471. The molecule has 0 aromatic heterocycles. The summed E-state index contributed by atoms with van der Waals surface area (Å²) in [4.78, 5) is 2.40. The molecular formula is C22H30F3N3O. The summed E-state index contributed by atoms with van der Waals surface area (Å²) in [5.74, 6) is -4.02. The lowest BCUT2D eigenvalue weighted by molar-refractivity contribution is 0.0641. The average Bonchev–Trinajstić information content (AvgIpc) is 3.23. The number of allylic oxidation sites excluding steroid dienone is 4. The van der Waals surface area contributed by atoms with Crippen LogP contribution in [0.2, 0.25) is 0 Å². The van der Waals surface area contributed by atoms with E-state index in [9.17, 15) is 13.2 Å². The Morgan fingerprint density at radius 2 is 2.00 bits per heavy atom. The number of ether oxygens (including phenoxy) is 1. The molecule has 2 heterocycles. The van der Waals surface area contributed by atoms with E-state index in [4.69, 9.17) is 4.74 Å². The molecule has 2 fully saturated rings. The topological polar surface area (TPSA) is 39.8 Å². The van der Waals surface area contributed by atoms with E-state index in [0.717, 1.165) is 26.1 Å². The van der Waals surface area contributed by atoms with E-state index in [1.165, 1.54) is 18.6 Å². The molecule has 2 unspecified atom stereocenters. The van der Waals surface area contributed by atoms with Crippen molar-refractivity contribution in [1.29, 1.82) is 0 Å². The van der Waals surface area contributed by atoms with Crippen molar-refractivity contribution in [2.75, 3.05) is 13.1 Å². The standard InChI is InChI=1S/C22H30F3N3O/c1-4-19(23)18(22(3,24)25)12-15(2)26-20-21(29-20)27-17-10-11-28(14-17)13-16-8-6-5-7-9-16/h5-9,12,17,20-21,26-27H,4,10-11,13-14H2,1-3H3/b15-12+,19-18-/t17-,20?,21?/m1/s1. The molecule has 29 heavy (non-hydrogen) atoms. The molecule has 1 aromatic rings. The van der Waals surface area contributed by atoms with Gasteiger partial charge in [-0.3, -0.25) is 10.2 Å². The maximum Gasteiger partial charge on any atom is 0.273 e. The molecule has 0 bridgehead atoms. The number of hydrogen-bond acceptors (Lipinski definition) is 4. The fourth-order valence-corrected chi connectivity index (χ4v) is 3.65. The lowest BCUT2D eigenvalue weighted by Crippen LogP contribution is -2.37. The Labute approximate surface area is 170 Å². The Kier molecular flexibility index (Phi) is 7.03. The van der Waals surface area contributed by atoms with E-state index in [0.29, 0.717) is 18.7 Å². The van der Waals surface area contributed by atoms with Crippen molar-refractivity contribution < 1.29 is 17.9 Å². The summed E-state index contributed by atoms with van der Waals surface area (Å²) in [6.07, 6.45) is 1.70. The lowest BCUT2D eigenvalue weighted by Gasteiger charge is -2.16. The van der Waals surface area contributed by atoms with E-state index >= 15 is 0 Å². The SMILES string of the molecule is CC/C(F)=C(\C=C(/C)NC1OC1N[C@@H]1CCN(Cc2ccccc2)C1)C(C)(F)F. The van der Waals surface area contributed by atoms with Crippen molar-refractivity contribution >= 4 is 0 Å². The minimum atomic E-state index is -3.23. The summed E-state index contributed by atoms with van der Waals surface area (Å²) in [5.41, 5.74) is 1.17. The van der Waals surface area contributed by atoms with Crippen LogP contribution < -0.4 is 10.6 Å². The zero-order valence-corrected chi connectivity index (χ0v) is 17.2. The molecule has 160 valence electrons. The predicted molar refractivity (Wildman–Crippen MR) is 108 cm³/mol. The Hall–Kier alpha value is -1.83. The maximum absolute atomic E-state index is 13.8. The van der Waals surface area contributed by atoms with Crippen LogP contribution >= 0.6 is 0 Å². The summed E-state index contributed by atoms with van der Waals surface area (Å²) in [6.45, 7) is 6.76. The van der Waals surface area contributed by atoms with Gasteiger partial charge in [-0.25, -0.2) is 13.2 Å². The number of epoxide rings is 1. The van der Waals surface area contributed by atoms with Gasteiger partial charge < -0.3 is 10.1 Å². The lowest BCUT2D eigenvalue weighted by atomic mass is 10.1. The van der Waals surface area contributed by atoms with Gasteiger partial charge in [0.1, 0.15) is 5.83 Å². The number of likely N-dealkylation sites (tertiary alicyclic amines) is 1. The van der Waals surface area contributed by atoms with Gasteiger partial charge in [0, 0.05) is 38.3 Å². The third-order valence-electron chi connectivity index (χ3n) is 5.22. The summed E-state index contributed by atoms with van der Waals surface area (Å²) in [7, 11) is 0. The van der Waals surface area contributed by atoms with Gasteiger partial charge in [-0.2, -0.15) is 0 Å². The first kappa shape index (κ1) is 21.9. The molecule has 2 N–H and O–H groups in total. The van der Waals surface area contributed by atoms with Crippen LogP contribution in [-0.2, 0) is 11.3 Å². The first-order valence-electron chi connectivity index (χ1n) is 10.2. The highest BCUT2D eigenvalue weighted by molar-refractivity contribution is 5.31. The highest BCUT2D eigenvalue weighted by atomic mass is 19.3. The molecule has 0 amide bonds. The monoisotopic (exact) mass is 409 g/mol. The molecule has 0 aliphatic carbocycles. The molecule has 1 aromatic carbocycles. The fourth-order valence-electron chi connectivity index (χ4n) is 3.65. The van der Waals surface area contributed by atoms with Crippen LogP contribution in [0.15, 0.2) is 53.5 Å². The Bertz CT molecular complexity index is 745. The first-order valence-corrected chi connectivity index (χ1v) is 10.2. The van der Waals surface area contributed by atoms with Crippen LogP contribution in [0.25, 0.3) is 0 Å². The van der Waals surface area contributed by atoms with Gasteiger partial charge in [-0.15, -0.1) is 0 Å². The molecule has 0 spiro atoms. The maximum atomic E-state index is 13.8. The normalized spacial score (nSPS) is 26.4. The number of hydrogen-bond donors (Lipinski definition) is 2. The second kappa shape index (κ2) is 9.32. The van der Waals surface area contributed by atoms with Gasteiger partial charge in [0.25, 0.3) is 5.92 Å². The molecule has 3 rings (SSSR count). The number of nitrogens with one attached hydrogen (secondary N) is 2. The second-order valence-corrected chi connectivity index (χ2v) is 7.88. The zero-order chi connectivity index (χ0) is 21.0. The van der Waals surface area contributed by atoms with Gasteiger partial charge >= 0.3 is 0 Å². The third-order valence-corrected chi connectivity index (χ3v) is 5.22. The van der Waals surface area contributed by atoms with Gasteiger partial charge in [0.2, 0.25) is 0 Å². The minimum absolute atomic E-state index is 0.0617. The molecule has 0 saturated carbocycles. The molecule has 3 atom stereocenters. The molecular weight excluding hydrogens is 379 g/mol. The Morgan fingerprint density at radius 1 is 1.28 bits per heavy atom. The van der Waals surface area contributed by atoms with Crippen LogP contribution in [0.5, 0.6) is 0 Å². The highest BCUT2D eigenvalue weighted by Gasteiger charge is 2.41. The summed E-state index contributed by atoms with van der Waals surface area (Å²) >= 11 is 0. The van der Waals surface area contributed by atoms with Crippen LogP contribution in [0.4, 0.5) is 13.2 Å². The van der Waals surface area contributed by atoms with Crippen LogP contribution in [0.3, 0.4) is 0 Å². The number of benzene rings is 1. The van der Waals surface area contributed by atoms with Crippen LogP contribution in [0.1, 0.15) is 39.2 Å². The number of rotatable bonds is 9. The molecule has 2 aliphatic rings. The number of nitrogens with zero attached hydrogens (tertiary/aromatic N) is 1. The van der Waals surface area contributed by atoms with Crippen molar-refractivity contribution in [2.24, 2.45) is 0 Å². The number of alkyl halides is 2. The van der Waals surface area contributed by atoms with Crippen molar-refractivity contribution in [1.82, 2.24) is 15.5 Å². The van der Waals surface area contributed by atoms with Crippen LogP contribution in [-0.4, -0.2) is 42.4 Å². The predicted octanol–water partition coefficient (Wildman–Crippen LogP) is 4.32. The summed E-state index contributed by atoms with van der Waals surface area (Å²) < 4.78 is 46.7. The van der Waals surface area contributed by atoms with E-state index < -0.39 is 17.3 Å². The van der Waals surface area contributed by atoms with E-state index in [1.807, 2.05) is 18.2 Å². The molecule has 7 heteroatoms. The largest absolute Gasteiger partial charge is 0.360 e. The number of halogens is 3. The highest BCUT2D eigenvalue weighted by Crippen LogP contribution is 2.30. The molecule has 2 aliphatic heterocycles. The van der Waals surface area contributed by atoms with E-state index in [1.54, 1.807) is 6.92 Å². The van der Waals surface area contributed by atoms with Crippen molar-refractivity contribution in [3.63, 3.8) is 0 Å². The molecule has 0 radical (unpaired) electrons. The fraction of sp³-hybridized carbons (Fsp3) is 0.545. The van der Waals surface area contributed by atoms with E-state index in [2.05, 4.69) is 27.7 Å². The molecule has 2 saturated heterocycles. The van der Waals surface area contributed by atoms with Crippen molar-refractivity contribution in [3.8, 4) is 0 Å². The molecule has 4 nitrogen and oxygen atoms in total. The van der Waals surface area contributed by atoms with Crippen molar-refractivity contribution in [3.05, 3.63) is 59.1 Å². The van der Waals surface area contributed by atoms with E-state index in [-0.39, 0.29) is 18.9 Å². The Morgan fingerprint density at radius 3 is 2.66 bits per heavy atom. The summed E-state index contributed by atoms with van der Waals surface area (Å²) in [6, 6.07) is 10.7. The van der Waals surface area contributed by atoms with Gasteiger partial charge in [-0.05, 0) is 31.4 Å². The summed E-state index contributed by atoms with van der Waals surface area (Å²) in [5, 5.41) is 6.49. The third kappa shape index (κ3) is 6.32.